The molecule has 0 spiro atoms. The maximum Gasteiger partial charge on any atom is 0.123 e. The molecule has 1 aromatic carbocycles. The summed E-state index contributed by atoms with van der Waals surface area (Å²) in [4.78, 5) is 4.20. The Hall–Kier alpha value is -1.50. The molecular weight excluding hydrogens is 252 g/mol. The van der Waals surface area contributed by atoms with Gasteiger partial charge in [0.05, 0.1) is 11.1 Å². The van der Waals surface area contributed by atoms with Gasteiger partial charge in [-0.2, -0.15) is 5.26 Å². The van der Waals surface area contributed by atoms with Crippen LogP contribution in [0.15, 0.2) is 53.7 Å². The third-order valence-corrected chi connectivity index (χ3v) is 3.51. The quantitative estimate of drug-likeness (QED) is 0.780. The van der Waals surface area contributed by atoms with Crippen molar-refractivity contribution >= 4 is 23.4 Å². The molecule has 2 rings (SSSR count). The molecule has 0 bridgehead atoms. The average Bonchev–Trinajstić information content (AvgIpc) is 2.38. The fourth-order valence-corrected chi connectivity index (χ4v) is 2.34. The molecule has 2 aromatic rings. The molecule has 1 heterocycles. The summed E-state index contributed by atoms with van der Waals surface area (Å²) in [6.45, 7) is 0. The van der Waals surface area contributed by atoms with Crippen LogP contribution in [0.3, 0.4) is 0 Å². The zero-order chi connectivity index (χ0) is 12.1. The van der Waals surface area contributed by atoms with E-state index < -0.39 is 0 Å². The van der Waals surface area contributed by atoms with E-state index in [2.05, 4.69) is 11.1 Å². The summed E-state index contributed by atoms with van der Waals surface area (Å²) in [6.07, 6.45) is 1.72. The van der Waals surface area contributed by atoms with E-state index in [-0.39, 0.29) is 5.25 Å². The third kappa shape index (κ3) is 3.23. The van der Waals surface area contributed by atoms with Crippen molar-refractivity contribution < 1.29 is 0 Å². The zero-order valence-corrected chi connectivity index (χ0v) is 10.4. The number of halogens is 1. The molecule has 84 valence electrons. The minimum atomic E-state index is -0.262. The van der Waals surface area contributed by atoms with Crippen LogP contribution in [0.2, 0.25) is 5.02 Å². The number of thioether (sulfide) groups is 1. The van der Waals surface area contributed by atoms with E-state index in [4.69, 9.17) is 11.6 Å². The highest BCUT2D eigenvalue weighted by Gasteiger charge is 2.12. The van der Waals surface area contributed by atoms with Gasteiger partial charge >= 0.3 is 0 Å². The van der Waals surface area contributed by atoms with Gasteiger partial charge in [0.1, 0.15) is 5.25 Å². The van der Waals surface area contributed by atoms with Gasteiger partial charge in [0.15, 0.2) is 0 Å². The fraction of sp³-hybridized carbons (Fsp3) is 0.0769. The van der Waals surface area contributed by atoms with Crippen molar-refractivity contribution in [1.29, 1.82) is 5.26 Å². The molecule has 0 saturated carbocycles. The van der Waals surface area contributed by atoms with E-state index >= 15 is 0 Å². The molecular formula is C13H9ClN2S. The van der Waals surface area contributed by atoms with Gasteiger partial charge in [-0.1, -0.05) is 41.6 Å². The standard InChI is InChI=1S/C13H9ClN2S/c14-11-6-4-10(5-7-11)12(9-15)17-13-3-1-2-8-16-13/h1-8,12H/t12-/m1/s1. The Morgan fingerprint density at radius 1 is 1.18 bits per heavy atom. The van der Waals surface area contributed by atoms with Gasteiger partial charge < -0.3 is 0 Å². The minimum absolute atomic E-state index is 0.262. The lowest BCUT2D eigenvalue weighted by Crippen LogP contribution is -1.91. The van der Waals surface area contributed by atoms with Gasteiger partial charge in [-0.25, -0.2) is 4.98 Å². The molecule has 0 N–H and O–H groups in total. The highest BCUT2D eigenvalue weighted by molar-refractivity contribution is 7.99. The van der Waals surface area contributed by atoms with Crippen LogP contribution in [0.25, 0.3) is 0 Å². The number of nitrogens with zero attached hydrogens (tertiary/aromatic N) is 2. The Morgan fingerprint density at radius 2 is 1.94 bits per heavy atom. The first-order valence-electron chi connectivity index (χ1n) is 5.02. The van der Waals surface area contributed by atoms with E-state index in [0.717, 1.165) is 10.6 Å². The van der Waals surface area contributed by atoms with E-state index in [1.807, 2.05) is 30.3 Å². The summed E-state index contributed by atoms with van der Waals surface area (Å²) in [5, 5.41) is 10.4. The molecule has 0 fully saturated rings. The molecule has 4 heteroatoms. The largest absolute Gasteiger partial charge is 0.250 e. The summed E-state index contributed by atoms with van der Waals surface area (Å²) in [5.41, 5.74) is 0.938. The third-order valence-electron chi connectivity index (χ3n) is 2.17. The number of rotatable bonds is 3. The molecule has 2 nitrogen and oxygen atoms in total. The zero-order valence-electron chi connectivity index (χ0n) is 8.88. The lowest BCUT2D eigenvalue weighted by molar-refractivity contribution is 1.11. The van der Waals surface area contributed by atoms with Crippen molar-refractivity contribution in [3.05, 3.63) is 59.2 Å². The van der Waals surface area contributed by atoms with Crippen molar-refractivity contribution in [2.45, 2.75) is 10.3 Å². The van der Waals surface area contributed by atoms with E-state index in [9.17, 15) is 5.26 Å². The van der Waals surface area contributed by atoms with Gasteiger partial charge in [0, 0.05) is 11.2 Å². The van der Waals surface area contributed by atoms with E-state index in [1.54, 1.807) is 18.3 Å². The smallest absolute Gasteiger partial charge is 0.123 e. The van der Waals surface area contributed by atoms with Crippen LogP contribution >= 0.6 is 23.4 Å². The van der Waals surface area contributed by atoms with Crippen molar-refractivity contribution in [2.75, 3.05) is 0 Å². The molecule has 17 heavy (non-hydrogen) atoms. The molecule has 0 unspecified atom stereocenters. The van der Waals surface area contributed by atoms with Gasteiger partial charge in [0.2, 0.25) is 0 Å². The average molecular weight is 261 g/mol. The summed E-state index contributed by atoms with van der Waals surface area (Å²) in [7, 11) is 0. The maximum atomic E-state index is 9.18. The minimum Gasteiger partial charge on any atom is -0.250 e. The second kappa shape index (κ2) is 5.72. The van der Waals surface area contributed by atoms with Gasteiger partial charge in [-0.3, -0.25) is 0 Å². The molecule has 1 aromatic heterocycles. The van der Waals surface area contributed by atoms with Crippen molar-refractivity contribution in [2.24, 2.45) is 0 Å². The molecule has 0 aliphatic carbocycles. The molecule has 1 atom stereocenters. The van der Waals surface area contributed by atoms with Crippen LogP contribution in [0.4, 0.5) is 0 Å². The van der Waals surface area contributed by atoms with E-state index in [1.165, 1.54) is 11.8 Å². The predicted molar refractivity (Wildman–Crippen MR) is 69.9 cm³/mol. The van der Waals surface area contributed by atoms with Gasteiger partial charge in [-0.15, -0.1) is 0 Å². The highest BCUT2D eigenvalue weighted by Crippen LogP contribution is 2.33. The second-order valence-electron chi connectivity index (χ2n) is 3.35. The molecule has 0 saturated heterocycles. The van der Waals surface area contributed by atoms with Crippen LogP contribution in [0.1, 0.15) is 10.8 Å². The topological polar surface area (TPSA) is 36.7 Å². The first kappa shape index (κ1) is 12.0. The Morgan fingerprint density at radius 3 is 2.53 bits per heavy atom. The number of hydrogen-bond donors (Lipinski definition) is 0. The van der Waals surface area contributed by atoms with Gasteiger partial charge in [-0.05, 0) is 29.8 Å². The molecule has 0 amide bonds. The first-order chi connectivity index (χ1) is 8.29. The summed E-state index contributed by atoms with van der Waals surface area (Å²) >= 11 is 7.25. The van der Waals surface area contributed by atoms with Crippen LogP contribution in [0.5, 0.6) is 0 Å². The van der Waals surface area contributed by atoms with Crippen molar-refractivity contribution in [1.82, 2.24) is 4.98 Å². The Bertz CT molecular complexity index is 519. The molecule has 0 aliphatic rings. The highest BCUT2D eigenvalue weighted by atomic mass is 35.5. The number of hydrogen-bond acceptors (Lipinski definition) is 3. The summed E-state index contributed by atoms with van der Waals surface area (Å²) in [5.74, 6) is 0. The van der Waals surface area contributed by atoms with Gasteiger partial charge in [0.25, 0.3) is 0 Å². The number of nitriles is 1. The summed E-state index contributed by atoms with van der Waals surface area (Å²) in [6, 6.07) is 15.2. The molecule has 0 aliphatic heterocycles. The lowest BCUT2D eigenvalue weighted by atomic mass is 10.2. The Kier molecular flexibility index (Phi) is 4.03. The van der Waals surface area contributed by atoms with Crippen LogP contribution in [-0.4, -0.2) is 4.98 Å². The lowest BCUT2D eigenvalue weighted by Gasteiger charge is -2.08. The predicted octanol–water partition coefficient (Wildman–Crippen LogP) is 4.09. The van der Waals surface area contributed by atoms with Crippen molar-refractivity contribution in [3.63, 3.8) is 0 Å². The van der Waals surface area contributed by atoms with E-state index in [0.29, 0.717) is 5.02 Å². The van der Waals surface area contributed by atoms with Crippen molar-refractivity contribution in [3.8, 4) is 6.07 Å². The fourth-order valence-electron chi connectivity index (χ4n) is 1.34. The molecule has 0 radical (unpaired) electrons. The normalized spacial score (nSPS) is 11.8. The van der Waals surface area contributed by atoms with Crippen LogP contribution in [0, 0.1) is 11.3 Å². The Balaban J connectivity index is 2.18. The summed E-state index contributed by atoms with van der Waals surface area (Å²) < 4.78 is 0. The SMILES string of the molecule is N#C[C@@H](Sc1ccccn1)c1ccc(Cl)cc1. The number of pyridine rings is 1. The van der Waals surface area contributed by atoms with Crippen LogP contribution in [-0.2, 0) is 0 Å². The first-order valence-corrected chi connectivity index (χ1v) is 6.28. The monoisotopic (exact) mass is 260 g/mol. The Labute approximate surface area is 109 Å². The maximum absolute atomic E-state index is 9.18. The second-order valence-corrected chi connectivity index (χ2v) is 4.91. The number of benzene rings is 1. The number of aromatic nitrogens is 1. The van der Waals surface area contributed by atoms with Crippen LogP contribution < -0.4 is 0 Å².